The van der Waals surface area contributed by atoms with Gasteiger partial charge in [-0.1, -0.05) is 19.3 Å². The summed E-state index contributed by atoms with van der Waals surface area (Å²) in [5, 5.41) is 0. The molecule has 1 aliphatic carbocycles. The summed E-state index contributed by atoms with van der Waals surface area (Å²) in [6.45, 7) is 0. The lowest BCUT2D eigenvalue weighted by Gasteiger charge is -2.34. The molecule has 1 saturated heterocycles. The first-order valence-corrected chi connectivity index (χ1v) is 7.63. The molecule has 0 aromatic carbocycles. The van der Waals surface area contributed by atoms with E-state index in [0.717, 1.165) is 0 Å². The van der Waals surface area contributed by atoms with E-state index in [1.807, 2.05) is 0 Å². The van der Waals surface area contributed by atoms with Gasteiger partial charge in [0, 0.05) is 0 Å². The van der Waals surface area contributed by atoms with Gasteiger partial charge in [0.1, 0.15) is 0 Å². The zero-order valence-corrected chi connectivity index (χ0v) is 13.4. The molecule has 15 heteroatoms. The third-order valence-electron chi connectivity index (χ3n) is 4.26. The molecular formula is C13H11F12NO2. The van der Waals surface area contributed by atoms with Gasteiger partial charge in [-0.3, -0.25) is 4.74 Å². The summed E-state index contributed by atoms with van der Waals surface area (Å²) in [6.07, 6.45) is -26.4. The monoisotopic (exact) mass is 441 g/mol. The molecule has 1 saturated carbocycles. The highest BCUT2D eigenvalue weighted by Gasteiger charge is 2.91. The Balaban J connectivity index is 2.76. The molecule has 2 aliphatic rings. The summed E-state index contributed by atoms with van der Waals surface area (Å²) in [6, 6.07) is -1.38. The van der Waals surface area contributed by atoms with Crippen molar-refractivity contribution in [1.82, 2.24) is 0 Å². The normalized spacial score (nSPS) is 25.8. The van der Waals surface area contributed by atoms with Crippen molar-refractivity contribution in [3.8, 4) is 0 Å². The van der Waals surface area contributed by atoms with E-state index in [4.69, 9.17) is 0 Å². The van der Waals surface area contributed by atoms with Crippen LogP contribution in [0, 0.1) is 0 Å². The fourth-order valence-electron chi connectivity index (χ4n) is 2.89. The zero-order valence-electron chi connectivity index (χ0n) is 13.4. The maximum absolute atomic E-state index is 13.3. The SMILES string of the molecule is FC(F)(F)C1(C(F)(F)F)OC(=NC2CCCCC2)C(C(F)(F)F)(C(F)(F)F)O1. The molecule has 2 rings (SSSR count). The first-order chi connectivity index (χ1) is 12.4. The number of hydrogen-bond donors (Lipinski definition) is 0. The maximum atomic E-state index is 13.3. The molecule has 0 aromatic heterocycles. The average molecular weight is 441 g/mol. The predicted octanol–water partition coefficient (Wildman–Crippen LogP) is 5.45. The maximum Gasteiger partial charge on any atom is 0.465 e. The second kappa shape index (κ2) is 6.55. The minimum absolute atomic E-state index is 0.135. The minimum atomic E-state index is -6.82. The van der Waals surface area contributed by atoms with Crippen LogP contribution in [0.2, 0.25) is 0 Å². The van der Waals surface area contributed by atoms with Gasteiger partial charge >= 0.3 is 36.1 Å². The van der Waals surface area contributed by atoms with Gasteiger partial charge in [0.2, 0.25) is 5.90 Å². The van der Waals surface area contributed by atoms with Gasteiger partial charge in [0.15, 0.2) is 0 Å². The smallest absolute Gasteiger partial charge is 0.429 e. The molecule has 0 spiro atoms. The van der Waals surface area contributed by atoms with Gasteiger partial charge in [-0.2, -0.15) is 52.7 Å². The Kier molecular flexibility index (Phi) is 5.35. The van der Waals surface area contributed by atoms with E-state index in [2.05, 4.69) is 14.5 Å². The van der Waals surface area contributed by atoms with E-state index < -0.39 is 48.0 Å². The Morgan fingerprint density at radius 2 is 1.11 bits per heavy atom. The minimum Gasteiger partial charge on any atom is -0.429 e. The van der Waals surface area contributed by atoms with Crippen LogP contribution in [0.15, 0.2) is 4.99 Å². The van der Waals surface area contributed by atoms with Crippen molar-refractivity contribution < 1.29 is 62.2 Å². The number of rotatable bonds is 1. The average Bonchev–Trinajstić information content (AvgIpc) is 2.85. The van der Waals surface area contributed by atoms with Crippen LogP contribution in [0.25, 0.3) is 0 Å². The molecule has 0 atom stereocenters. The third kappa shape index (κ3) is 3.38. The highest BCUT2D eigenvalue weighted by Crippen LogP contribution is 2.60. The number of ether oxygens (including phenoxy) is 2. The van der Waals surface area contributed by atoms with Crippen LogP contribution >= 0.6 is 0 Å². The van der Waals surface area contributed by atoms with Gasteiger partial charge in [0.05, 0.1) is 6.04 Å². The Hall–Kier alpha value is -1.41. The molecule has 0 unspecified atom stereocenters. The Morgan fingerprint density at radius 1 is 0.679 bits per heavy atom. The van der Waals surface area contributed by atoms with Crippen molar-refractivity contribution in [2.75, 3.05) is 0 Å². The lowest BCUT2D eigenvalue weighted by molar-refractivity contribution is -0.473. The predicted molar refractivity (Wildman–Crippen MR) is 66.2 cm³/mol. The van der Waals surface area contributed by atoms with E-state index in [1.54, 1.807) is 0 Å². The molecule has 0 amide bonds. The Bertz CT molecular complexity index is 581. The standard InChI is InChI=1S/C13H11F12NO2/c14-10(15,16)8(11(17,18)19)7(26-6-4-2-1-3-5-6)27-9(28-8,12(20,21)22)13(23,24)25/h6H,1-5H2. The van der Waals surface area contributed by atoms with Crippen LogP contribution in [-0.4, -0.2) is 48.0 Å². The van der Waals surface area contributed by atoms with Gasteiger partial charge in [-0.05, 0) is 12.8 Å². The molecule has 1 aliphatic heterocycles. The van der Waals surface area contributed by atoms with Gasteiger partial charge in [0.25, 0.3) is 0 Å². The molecule has 2 fully saturated rings. The van der Waals surface area contributed by atoms with Crippen LogP contribution in [-0.2, 0) is 9.47 Å². The van der Waals surface area contributed by atoms with Crippen molar-refractivity contribution in [1.29, 1.82) is 0 Å². The molecule has 0 N–H and O–H groups in total. The fourth-order valence-corrected chi connectivity index (χ4v) is 2.89. The molecule has 164 valence electrons. The molecular weight excluding hydrogens is 430 g/mol. The van der Waals surface area contributed by atoms with Crippen molar-refractivity contribution in [2.24, 2.45) is 4.99 Å². The quantitative estimate of drug-likeness (QED) is 0.507. The van der Waals surface area contributed by atoms with Crippen molar-refractivity contribution in [3.63, 3.8) is 0 Å². The fraction of sp³-hybridized carbons (Fsp3) is 0.923. The summed E-state index contributed by atoms with van der Waals surface area (Å²) < 4.78 is 164. The second-order valence-corrected chi connectivity index (χ2v) is 6.22. The van der Waals surface area contributed by atoms with E-state index in [0.29, 0.717) is 6.42 Å². The van der Waals surface area contributed by atoms with Crippen molar-refractivity contribution >= 4 is 5.90 Å². The molecule has 0 radical (unpaired) electrons. The van der Waals surface area contributed by atoms with Gasteiger partial charge in [-0.15, -0.1) is 0 Å². The number of aliphatic imine (C=N–C) groups is 1. The lowest BCUT2D eigenvalue weighted by Crippen LogP contribution is -2.65. The van der Waals surface area contributed by atoms with Crippen LogP contribution in [0.4, 0.5) is 52.7 Å². The van der Waals surface area contributed by atoms with Crippen LogP contribution in [0.5, 0.6) is 0 Å². The van der Waals surface area contributed by atoms with Gasteiger partial charge < -0.3 is 4.74 Å². The molecule has 28 heavy (non-hydrogen) atoms. The number of halogens is 12. The van der Waals surface area contributed by atoms with E-state index in [1.165, 1.54) is 0 Å². The topological polar surface area (TPSA) is 30.8 Å². The van der Waals surface area contributed by atoms with Crippen LogP contribution in [0.1, 0.15) is 32.1 Å². The molecule has 3 nitrogen and oxygen atoms in total. The van der Waals surface area contributed by atoms with E-state index >= 15 is 0 Å². The highest BCUT2D eigenvalue weighted by molar-refractivity contribution is 5.89. The first kappa shape index (κ1) is 22.9. The van der Waals surface area contributed by atoms with Crippen LogP contribution in [0.3, 0.4) is 0 Å². The summed E-state index contributed by atoms with van der Waals surface area (Å²) >= 11 is 0. The second-order valence-electron chi connectivity index (χ2n) is 6.22. The zero-order chi connectivity index (χ0) is 21.8. The van der Waals surface area contributed by atoms with Crippen LogP contribution < -0.4 is 0 Å². The Labute approximate surface area is 148 Å². The summed E-state index contributed by atoms with van der Waals surface area (Å²) in [4.78, 5) is 2.87. The molecule has 1 heterocycles. The summed E-state index contributed by atoms with van der Waals surface area (Å²) in [5.41, 5.74) is -6.03. The Morgan fingerprint density at radius 3 is 1.46 bits per heavy atom. The number of alkyl halides is 12. The summed E-state index contributed by atoms with van der Waals surface area (Å²) in [5.74, 6) is -9.03. The lowest BCUT2D eigenvalue weighted by atomic mass is 9.95. The van der Waals surface area contributed by atoms with Crippen molar-refractivity contribution in [3.05, 3.63) is 0 Å². The first-order valence-electron chi connectivity index (χ1n) is 7.63. The van der Waals surface area contributed by atoms with Gasteiger partial charge in [-0.25, -0.2) is 4.99 Å². The highest BCUT2D eigenvalue weighted by atomic mass is 19.4. The number of hydrogen-bond acceptors (Lipinski definition) is 3. The number of nitrogens with zero attached hydrogens (tertiary/aromatic N) is 1. The summed E-state index contributed by atoms with van der Waals surface area (Å²) in [7, 11) is 0. The molecule has 0 bridgehead atoms. The third-order valence-corrected chi connectivity index (χ3v) is 4.26. The van der Waals surface area contributed by atoms with E-state index in [9.17, 15) is 52.7 Å². The largest absolute Gasteiger partial charge is 0.465 e. The van der Waals surface area contributed by atoms with Crippen molar-refractivity contribution in [2.45, 2.75) is 74.2 Å². The molecule has 0 aromatic rings. The van der Waals surface area contributed by atoms with E-state index in [-0.39, 0.29) is 25.7 Å².